The molecular weight excluding hydrogens is 286 g/mol. The Balaban J connectivity index is 1.82. The highest BCUT2D eigenvalue weighted by atomic mass is 32.1. The van der Waals surface area contributed by atoms with Crippen LogP contribution in [0.4, 0.5) is 0 Å². The Bertz CT molecular complexity index is 645. The molecule has 0 unspecified atom stereocenters. The summed E-state index contributed by atoms with van der Waals surface area (Å²) >= 11 is 5.08. The van der Waals surface area contributed by atoms with Crippen molar-refractivity contribution in [3.8, 4) is 11.5 Å². The number of benzene rings is 2. The van der Waals surface area contributed by atoms with Crippen LogP contribution < -0.4 is 10.7 Å². The van der Waals surface area contributed by atoms with Crippen molar-refractivity contribution in [3.05, 3.63) is 59.7 Å². The molecule has 2 aromatic carbocycles. The lowest BCUT2D eigenvalue weighted by Crippen LogP contribution is -2.31. The van der Waals surface area contributed by atoms with Crippen LogP contribution in [0.25, 0.3) is 0 Å². The molecule has 0 spiro atoms. The summed E-state index contributed by atoms with van der Waals surface area (Å²) in [5, 5.41) is 26.1. The molecule has 2 aromatic rings. The van der Waals surface area contributed by atoms with Crippen LogP contribution in [0.5, 0.6) is 11.5 Å². The average molecular weight is 301 g/mol. The maximum Gasteiger partial charge on any atom is 0.187 e. The Morgan fingerprint density at radius 2 is 1.90 bits per heavy atom. The van der Waals surface area contributed by atoms with E-state index in [-0.39, 0.29) is 11.5 Å². The summed E-state index contributed by atoms with van der Waals surface area (Å²) in [6.45, 7) is 0.604. The number of nitrogens with zero attached hydrogens (tertiary/aromatic N) is 1. The van der Waals surface area contributed by atoms with Gasteiger partial charge in [0.15, 0.2) is 5.11 Å². The SMILES string of the molecule is Oc1ccc(C=NNC(=S)NCc2ccccc2)c(O)c1. The molecule has 21 heavy (non-hydrogen) atoms. The van der Waals surface area contributed by atoms with Crippen molar-refractivity contribution in [3.63, 3.8) is 0 Å². The van der Waals surface area contributed by atoms with Crippen LogP contribution in [0.3, 0.4) is 0 Å². The zero-order valence-corrected chi connectivity index (χ0v) is 12.0. The van der Waals surface area contributed by atoms with Crippen molar-refractivity contribution in [2.24, 2.45) is 5.10 Å². The Morgan fingerprint density at radius 3 is 2.62 bits per heavy atom. The summed E-state index contributed by atoms with van der Waals surface area (Å²) in [4.78, 5) is 0. The van der Waals surface area contributed by atoms with Gasteiger partial charge in [0.05, 0.1) is 6.21 Å². The van der Waals surface area contributed by atoms with E-state index < -0.39 is 0 Å². The zero-order valence-electron chi connectivity index (χ0n) is 11.2. The van der Waals surface area contributed by atoms with E-state index >= 15 is 0 Å². The van der Waals surface area contributed by atoms with Gasteiger partial charge in [-0.05, 0) is 29.9 Å². The predicted octanol–water partition coefficient (Wildman–Crippen LogP) is 2.10. The number of hydrogen-bond donors (Lipinski definition) is 4. The molecule has 4 N–H and O–H groups in total. The summed E-state index contributed by atoms with van der Waals surface area (Å²) in [7, 11) is 0. The van der Waals surface area contributed by atoms with Crippen molar-refractivity contribution < 1.29 is 10.2 Å². The molecule has 0 heterocycles. The molecule has 0 aromatic heterocycles. The maximum atomic E-state index is 9.58. The van der Waals surface area contributed by atoms with Gasteiger partial charge in [-0.1, -0.05) is 30.3 Å². The van der Waals surface area contributed by atoms with E-state index in [9.17, 15) is 10.2 Å². The van der Waals surface area contributed by atoms with Crippen LogP contribution in [0.2, 0.25) is 0 Å². The molecule has 0 saturated carbocycles. The van der Waals surface area contributed by atoms with Gasteiger partial charge in [-0.2, -0.15) is 5.10 Å². The first kappa shape index (κ1) is 14.8. The standard InChI is InChI=1S/C15H15N3O2S/c19-13-7-6-12(14(20)8-13)10-17-18-15(21)16-9-11-4-2-1-3-5-11/h1-8,10,19-20H,9H2,(H2,16,18,21). The fourth-order valence-electron chi connectivity index (χ4n) is 1.62. The van der Waals surface area contributed by atoms with Crippen LogP contribution in [0, 0.1) is 0 Å². The topological polar surface area (TPSA) is 76.9 Å². The van der Waals surface area contributed by atoms with Crippen LogP contribution in [-0.4, -0.2) is 21.5 Å². The molecule has 0 radical (unpaired) electrons. The number of nitrogens with one attached hydrogen (secondary N) is 2. The minimum atomic E-state index is -0.0521. The first-order valence-corrected chi connectivity index (χ1v) is 6.69. The monoisotopic (exact) mass is 301 g/mol. The second-order valence-corrected chi connectivity index (χ2v) is 4.69. The highest BCUT2D eigenvalue weighted by Crippen LogP contribution is 2.20. The molecule has 0 bridgehead atoms. The Labute approximate surface area is 127 Å². The number of rotatable bonds is 4. The largest absolute Gasteiger partial charge is 0.508 e. The number of phenolic OH excluding ortho intramolecular Hbond substituents is 2. The first-order chi connectivity index (χ1) is 10.1. The average Bonchev–Trinajstić information content (AvgIpc) is 2.48. The maximum absolute atomic E-state index is 9.58. The van der Waals surface area contributed by atoms with E-state index in [1.807, 2.05) is 30.3 Å². The van der Waals surface area contributed by atoms with Crippen LogP contribution in [0.1, 0.15) is 11.1 Å². The summed E-state index contributed by atoms with van der Waals surface area (Å²) in [6, 6.07) is 14.1. The highest BCUT2D eigenvalue weighted by Gasteiger charge is 1.99. The van der Waals surface area contributed by atoms with E-state index in [1.54, 1.807) is 6.07 Å². The summed E-state index contributed by atoms with van der Waals surface area (Å²) in [5.41, 5.74) is 4.25. The normalized spacial score (nSPS) is 10.5. The third kappa shape index (κ3) is 4.77. The van der Waals surface area contributed by atoms with Crippen molar-refractivity contribution in [1.29, 1.82) is 0 Å². The van der Waals surface area contributed by atoms with E-state index in [1.165, 1.54) is 18.3 Å². The third-order valence-corrected chi connectivity index (χ3v) is 2.92. The van der Waals surface area contributed by atoms with E-state index in [0.717, 1.165) is 5.56 Å². The molecule has 5 nitrogen and oxygen atoms in total. The van der Waals surface area contributed by atoms with E-state index in [2.05, 4.69) is 15.8 Å². The van der Waals surface area contributed by atoms with Gasteiger partial charge in [-0.15, -0.1) is 0 Å². The number of aromatic hydroxyl groups is 2. The second-order valence-electron chi connectivity index (χ2n) is 4.28. The van der Waals surface area contributed by atoms with Gasteiger partial charge < -0.3 is 15.5 Å². The van der Waals surface area contributed by atoms with Crippen LogP contribution >= 0.6 is 12.2 Å². The van der Waals surface area contributed by atoms with Crippen molar-refractivity contribution in [2.45, 2.75) is 6.54 Å². The van der Waals surface area contributed by atoms with Gasteiger partial charge in [-0.25, -0.2) is 0 Å². The first-order valence-electron chi connectivity index (χ1n) is 6.28. The highest BCUT2D eigenvalue weighted by molar-refractivity contribution is 7.80. The molecule has 0 atom stereocenters. The molecule has 108 valence electrons. The number of hydrazone groups is 1. The number of hydrogen-bond acceptors (Lipinski definition) is 4. The molecule has 0 aliphatic heterocycles. The fourth-order valence-corrected chi connectivity index (χ4v) is 1.74. The summed E-state index contributed by atoms with van der Waals surface area (Å²) in [5.74, 6) is -0.0543. The van der Waals surface area contributed by atoms with Gasteiger partial charge in [0, 0.05) is 18.2 Å². The van der Waals surface area contributed by atoms with Crippen LogP contribution in [-0.2, 0) is 6.54 Å². The molecular formula is C15H15N3O2S. The molecule has 0 fully saturated rings. The Kier molecular flexibility index (Phi) is 5.11. The van der Waals surface area contributed by atoms with Crippen LogP contribution in [0.15, 0.2) is 53.6 Å². The minimum absolute atomic E-state index is 0.00217. The minimum Gasteiger partial charge on any atom is -0.508 e. The predicted molar refractivity (Wildman–Crippen MR) is 86.4 cm³/mol. The Morgan fingerprint density at radius 1 is 1.14 bits per heavy atom. The smallest absolute Gasteiger partial charge is 0.187 e. The molecule has 0 saturated heterocycles. The van der Waals surface area contributed by atoms with Gasteiger partial charge in [0.25, 0.3) is 0 Å². The second kappa shape index (κ2) is 7.25. The molecule has 2 rings (SSSR count). The molecule has 0 aliphatic carbocycles. The van der Waals surface area contributed by atoms with Gasteiger partial charge in [-0.3, -0.25) is 5.43 Å². The lowest BCUT2D eigenvalue weighted by atomic mass is 10.2. The molecule has 0 aliphatic rings. The van der Waals surface area contributed by atoms with Crippen molar-refractivity contribution >= 4 is 23.5 Å². The summed E-state index contributed by atoms with van der Waals surface area (Å²) < 4.78 is 0. The lowest BCUT2D eigenvalue weighted by Gasteiger charge is -2.06. The van der Waals surface area contributed by atoms with E-state index in [4.69, 9.17) is 12.2 Å². The van der Waals surface area contributed by atoms with E-state index in [0.29, 0.717) is 17.2 Å². The Hall–Kier alpha value is -2.60. The third-order valence-electron chi connectivity index (χ3n) is 2.68. The van der Waals surface area contributed by atoms with Gasteiger partial charge in [0.2, 0.25) is 0 Å². The van der Waals surface area contributed by atoms with Gasteiger partial charge in [0.1, 0.15) is 11.5 Å². The number of thiocarbonyl (C=S) groups is 1. The molecule has 6 heteroatoms. The summed E-state index contributed by atoms with van der Waals surface area (Å²) in [6.07, 6.45) is 1.42. The fraction of sp³-hybridized carbons (Fsp3) is 0.0667. The van der Waals surface area contributed by atoms with Crippen molar-refractivity contribution in [2.75, 3.05) is 0 Å². The van der Waals surface area contributed by atoms with Gasteiger partial charge >= 0.3 is 0 Å². The quantitative estimate of drug-likeness (QED) is 0.395. The zero-order chi connectivity index (χ0) is 15.1. The molecule has 0 amide bonds. The number of phenols is 2. The lowest BCUT2D eigenvalue weighted by molar-refractivity contribution is 0.450. The van der Waals surface area contributed by atoms with Crippen molar-refractivity contribution in [1.82, 2.24) is 10.7 Å².